The van der Waals surface area contributed by atoms with Gasteiger partial charge in [0.1, 0.15) is 22.5 Å². The lowest BCUT2D eigenvalue weighted by molar-refractivity contribution is 0.539. The van der Waals surface area contributed by atoms with Crippen molar-refractivity contribution >= 4 is 22.8 Å². The molecule has 0 aliphatic heterocycles. The highest BCUT2D eigenvalue weighted by Gasteiger charge is 2.23. The van der Waals surface area contributed by atoms with Crippen LogP contribution in [-0.4, -0.2) is 24.1 Å². The van der Waals surface area contributed by atoms with Crippen LogP contribution >= 0.6 is 11.8 Å². The summed E-state index contributed by atoms with van der Waals surface area (Å²) in [5.41, 5.74) is 0.775. The Morgan fingerprint density at radius 1 is 1.00 bits per heavy atom. The molecule has 8 nitrogen and oxygen atoms in total. The van der Waals surface area contributed by atoms with E-state index in [9.17, 15) is 9.59 Å². The van der Waals surface area contributed by atoms with Gasteiger partial charge < -0.3 is 4.42 Å². The monoisotopic (exact) mass is 437 g/mol. The van der Waals surface area contributed by atoms with Gasteiger partial charge in [-0.05, 0) is 12.1 Å². The molecule has 0 N–H and O–H groups in total. The second-order valence-electron chi connectivity index (χ2n) is 8.31. The maximum atomic E-state index is 12.9. The highest BCUT2D eigenvalue weighted by atomic mass is 32.2. The van der Waals surface area contributed by atoms with Gasteiger partial charge in [0.25, 0.3) is 5.56 Å². The van der Waals surface area contributed by atoms with Gasteiger partial charge in [0.05, 0.1) is 5.69 Å². The Morgan fingerprint density at radius 2 is 1.71 bits per heavy atom. The van der Waals surface area contributed by atoms with E-state index in [1.807, 2.05) is 51.1 Å². The molecule has 31 heavy (non-hydrogen) atoms. The molecule has 0 amide bonds. The molecule has 9 heteroatoms. The third-order valence-corrected chi connectivity index (χ3v) is 5.88. The minimum absolute atomic E-state index is 0.328. The molecule has 0 aliphatic rings. The second kappa shape index (κ2) is 7.81. The van der Waals surface area contributed by atoms with Crippen molar-refractivity contribution in [1.29, 1.82) is 0 Å². The first kappa shape index (κ1) is 21.0. The van der Waals surface area contributed by atoms with Gasteiger partial charge in [-0.25, -0.2) is 19.7 Å². The minimum atomic E-state index is -0.420. The highest BCUT2D eigenvalue weighted by molar-refractivity contribution is 7.98. The van der Waals surface area contributed by atoms with E-state index >= 15 is 0 Å². The maximum Gasteiger partial charge on any atom is 0.332 e. The molecule has 0 saturated carbocycles. The average Bonchev–Trinajstić information content (AvgIpc) is 3.23. The molecule has 0 saturated heterocycles. The fraction of sp³-hybridized carbons (Fsp3) is 0.318. The summed E-state index contributed by atoms with van der Waals surface area (Å²) in [6, 6.07) is 9.65. The number of oxazole rings is 1. The molecule has 160 valence electrons. The zero-order valence-electron chi connectivity index (χ0n) is 18.0. The summed E-state index contributed by atoms with van der Waals surface area (Å²) in [6.45, 7) is 5.97. The normalized spacial score (nSPS) is 11.9. The van der Waals surface area contributed by atoms with Gasteiger partial charge in [0, 0.05) is 30.8 Å². The summed E-state index contributed by atoms with van der Waals surface area (Å²) in [5.74, 6) is 1.56. The lowest BCUT2D eigenvalue weighted by atomic mass is 9.96. The number of rotatable bonds is 4. The Hall–Kier alpha value is -3.20. The lowest BCUT2D eigenvalue weighted by Gasteiger charge is -2.19. The summed E-state index contributed by atoms with van der Waals surface area (Å²) in [7, 11) is 3.07. The molecule has 0 aliphatic carbocycles. The van der Waals surface area contributed by atoms with Crippen LogP contribution in [0.4, 0.5) is 0 Å². The van der Waals surface area contributed by atoms with Crippen molar-refractivity contribution in [2.24, 2.45) is 14.1 Å². The van der Waals surface area contributed by atoms with E-state index in [0.29, 0.717) is 33.5 Å². The number of benzene rings is 1. The molecule has 0 spiro atoms. The van der Waals surface area contributed by atoms with Crippen molar-refractivity contribution in [2.75, 3.05) is 0 Å². The van der Waals surface area contributed by atoms with Gasteiger partial charge >= 0.3 is 5.69 Å². The molecule has 4 aromatic rings. The first-order valence-corrected chi connectivity index (χ1v) is 10.8. The predicted octanol–water partition coefficient (Wildman–Crippen LogP) is 3.27. The van der Waals surface area contributed by atoms with E-state index in [4.69, 9.17) is 4.42 Å². The van der Waals surface area contributed by atoms with Gasteiger partial charge in [-0.15, -0.1) is 0 Å². The van der Waals surface area contributed by atoms with Crippen molar-refractivity contribution in [3.8, 4) is 11.5 Å². The van der Waals surface area contributed by atoms with Crippen LogP contribution in [0.25, 0.3) is 22.5 Å². The standard InChI is InChI=1S/C22H23N5O3S/c1-22(2,3)20-24-16-15(19(28)27(5)21(29)26(16)4)18(25-20)31-12-14-11-30-17(23-14)13-9-7-6-8-10-13/h6-11H,12H2,1-5H3. The maximum absolute atomic E-state index is 12.9. The van der Waals surface area contributed by atoms with Gasteiger partial charge in [0.15, 0.2) is 5.65 Å². The summed E-state index contributed by atoms with van der Waals surface area (Å²) >= 11 is 1.38. The number of fused-ring (bicyclic) bond motifs is 1. The molecule has 0 radical (unpaired) electrons. The molecule has 0 bridgehead atoms. The molecule has 4 rings (SSSR count). The van der Waals surface area contributed by atoms with Crippen LogP contribution in [-0.2, 0) is 25.3 Å². The Kier molecular flexibility index (Phi) is 5.30. The van der Waals surface area contributed by atoms with E-state index in [0.717, 1.165) is 15.8 Å². The first-order valence-electron chi connectivity index (χ1n) is 9.77. The zero-order valence-corrected chi connectivity index (χ0v) is 18.9. The van der Waals surface area contributed by atoms with E-state index in [1.54, 1.807) is 13.3 Å². The number of thioether (sulfide) groups is 1. The lowest BCUT2D eigenvalue weighted by Crippen LogP contribution is -2.38. The number of hydrogen-bond acceptors (Lipinski definition) is 7. The van der Waals surface area contributed by atoms with Crippen LogP contribution in [0.1, 0.15) is 32.3 Å². The average molecular weight is 438 g/mol. The SMILES string of the molecule is Cn1c(=O)c2c(SCc3coc(-c4ccccc4)n3)nc(C(C)(C)C)nc2n(C)c1=O. The van der Waals surface area contributed by atoms with Crippen molar-refractivity contribution < 1.29 is 4.42 Å². The van der Waals surface area contributed by atoms with Crippen LogP contribution in [0.2, 0.25) is 0 Å². The van der Waals surface area contributed by atoms with Crippen LogP contribution < -0.4 is 11.2 Å². The quantitative estimate of drug-likeness (QED) is 0.357. The summed E-state index contributed by atoms with van der Waals surface area (Å²) < 4.78 is 8.08. The van der Waals surface area contributed by atoms with Crippen LogP contribution in [0, 0.1) is 0 Å². The van der Waals surface area contributed by atoms with Gasteiger partial charge in [-0.3, -0.25) is 13.9 Å². The second-order valence-corrected chi connectivity index (χ2v) is 9.27. The van der Waals surface area contributed by atoms with Crippen molar-refractivity contribution in [1.82, 2.24) is 24.1 Å². The Labute approximate surface area is 183 Å². The van der Waals surface area contributed by atoms with Crippen LogP contribution in [0.15, 0.2) is 55.6 Å². The zero-order chi connectivity index (χ0) is 22.3. The Morgan fingerprint density at radius 3 is 2.39 bits per heavy atom. The van der Waals surface area contributed by atoms with Crippen molar-refractivity contribution in [3.63, 3.8) is 0 Å². The predicted molar refractivity (Wildman–Crippen MR) is 120 cm³/mol. The number of aromatic nitrogens is 5. The highest BCUT2D eigenvalue weighted by Crippen LogP contribution is 2.29. The smallest absolute Gasteiger partial charge is 0.332 e. The summed E-state index contributed by atoms with van der Waals surface area (Å²) in [4.78, 5) is 39.1. The first-order chi connectivity index (χ1) is 14.7. The molecule has 3 aromatic heterocycles. The molecular formula is C22H23N5O3S. The molecular weight excluding hydrogens is 414 g/mol. The molecule has 0 fully saturated rings. The number of hydrogen-bond donors (Lipinski definition) is 0. The van der Waals surface area contributed by atoms with E-state index in [-0.39, 0.29) is 5.41 Å². The van der Waals surface area contributed by atoms with Gasteiger partial charge in [0.2, 0.25) is 5.89 Å². The fourth-order valence-electron chi connectivity index (χ4n) is 3.10. The Balaban J connectivity index is 1.77. The van der Waals surface area contributed by atoms with Gasteiger partial charge in [-0.2, -0.15) is 0 Å². The summed E-state index contributed by atoms with van der Waals surface area (Å²) in [5, 5.41) is 0.852. The molecule has 0 unspecified atom stereocenters. The summed E-state index contributed by atoms with van der Waals surface area (Å²) in [6.07, 6.45) is 1.61. The fourth-order valence-corrected chi connectivity index (χ4v) is 3.99. The van der Waals surface area contributed by atoms with Crippen molar-refractivity contribution in [3.05, 3.63) is 69.0 Å². The van der Waals surface area contributed by atoms with Crippen molar-refractivity contribution in [2.45, 2.75) is 37.0 Å². The van der Waals surface area contributed by atoms with E-state index in [2.05, 4.69) is 15.0 Å². The topological polar surface area (TPSA) is 95.8 Å². The number of aryl methyl sites for hydroxylation is 1. The third-order valence-electron chi connectivity index (χ3n) is 4.87. The largest absolute Gasteiger partial charge is 0.444 e. The van der Waals surface area contributed by atoms with Crippen LogP contribution in [0.5, 0.6) is 0 Å². The number of nitrogens with zero attached hydrogens (tertiary/aromatic N) is 5. The molecule has 1 aromatic carbocycles. The van der Waals surface area contributed by atoms with Gasteiger partial charge in [-0.1, -0.05) is 50.7 Å². The molecule has 3 heterocycles. The third kappa shape index (κ3) is 3.93. The van der Waals surface area contributed by atoms with E-state index < -0.39 is 11.2 Å². The molecule has 0 atom stereocenters. The van der Waals surface area contributed by atoms with E-state index in [1.165, 1.54) is 23.4 Å². The Bertz CT molecular complexity index is 1380. The minimum Gasteiger partial charge on any atom is -0.444 e. The van der Waals surface area contributed by atoms with Crippen LogP contribution in [0.3, 0.4) is 0 Å².